The van der Waals surface area contributed by atoms with E-state index in [1.165, 1.54) is 10.4 Å². The SMILES string of the molecule is COc1ccc(N2[C@H]([C@H](C)CO[Si](c3ccccc3)(c3ccccc3)C(C)(C)C)[C@H](NC(=O)COc3ccccc3)[14C]2=O)cc1. The standard InChI is InChI=1S/C37H42N2O5Si/c1-27(25-44-45(37(2,3)4,31-17-11-7-12-18-31)32-19-13-8-14-20-32)35-34(38-33(40)26-43-30-15-9-6-10-16-30)36(41)39(35)28-21-23-29(42-5)24-22-28/h6-24,27,34-35H,25-26H2,1-5H3,(H,38,40)/t27-,34+,35-/m1/s1/i36+2. The fraction of sp³-hybridized carbons (Fsp3) is 0.297. The lowest BCUT2D eigenvalue weighted by molar-refractivity contribution is -0.134. The Bertz CT molecular complexity index is 1520. The van der Waals surface area contributed by atoms with Gasteiger partial charge in [0, 0.05) is 18.2 Å². The monoisotopic (exact) mass is 624 g/mol. The molecule has 234 valence electrons. The first kappa shape index (κ1) is 32.0. The van der Waals surface area contributed by atoms with Crippen LogP contribution in [0.15, 0.2) is 115 Å². The van der Waals surface area contributed by atoms with Gasteiger partial charge in [0.1, 0.15) is 17.5 Å². The lowest BCUT2D eigenvalue weighted by atomic mass is 9.95. The summed E-state index contributed by atoms with van der Waals surface area (Å²) in [6.07, 6.45) is 0. The summed E-state index contributed by atoms with van der Waals surface area (Å²) < 4.78 is 18.2. The van der Waals surface area contributed by atoms with Crippen LogP contribution >= 0.6 is 0 Å². The number of nitrogens with one attached hydrogen (secondary N) is 1. The van der Waals surface area contributed by atoms with Gasteiger partial charge in [-0.2, -0.15) is 0 Å². The van der Waals surface area contributed by atoms with Crippen molar-refractivity contribution in [1.82, 2.24) is 5.32 Å². The van der Waals surface area contributed by atoms with E-state index in [0.29, 0.717) is 18.1 Å². The topological polar surface area (TPSA) is 77.1 Å². The molecule has 0 bridgehead atoms. The molecule has 8 heteroatoms. The molecule has 7 nitrogen and oxygen atoms in total. The molecule has 45 heavy (non-hydrogen) atoms. The van der Waals surface area contributed by atoms with Crippen LogP contribution in [-0.2, 0) is 14.0 Å². The smallest absolute Gasteiger partial charge is 0.261 e. The van der Waals surface area contributed by atoms with E-state index in [9.17, 15) is 9.59 Å². The van der Waals surface area contributed by atoms with Gasteiger partial charge >= 0.3 is 0 Å². The van der Waals surface area contributed by atoms with Crippen molar-refractivity contribution in [1.29, 1.82) is 0 Å². The molecule has 0 saturated carbocycles. The number of hydrogen-bond donors (Lipinski definition) is 1. The first-order valence-electron chi connectivity index (χ1n) is 15.3. The molecule has 0 spiro atoms. The number of benzene rings is 4. The molecule has 1 saturated heterocycles. The molecule has 2 amide bonds. The number of carbonyl (C=O) groups excluding carboxylic acids is 2. The fourth-order valence-corrected chi connectivity index (χ4v) is 10.9. The molecule has 0 aliphatic carbocycles. The van der Waals surface area contributed by atoms with Gasteiger partial charge in [0.25, 0.3) is 20.1 Å². The van der Waals surface area contributed by atoms with E-state index in [1.54, 1.807) is 24.1 Å². The zero-order valence-corrected chi connectivity index (χ0v) is 27.6. The van der Waals surface area contributed by atoms with Crippen LogP contribution in [0.3, 0.4) is 0 Å². The van der Waals surface area contributed by atoms with Crippen LogP contribution in [0.25, 0.3) is 0 Å². The number of nitrogens with zero attached hydrogens (tertiary/aromatic N) is 1. The van der Waals surface area contributed by atoms with Gasteiger partial charge in [-0.25, -0.2) is 0 Å². The highest BCUT2D eigenvalue weighted by molar-refractivity contribution is 6.99. The third-order valence-electron chi connectivity index (χ3n) is 8.49. The van der Waals surface area contributed by atoms with E-state index in [4.69, 9.17) is 13.9 Å². The highest BCUT2D eigenvalue weighted by Gasteiger charge is 2.54. The number of anilines is 1. The summed E-state index contributed by atoms with van der Waals surface area (Å²) in [5, 5.41) is 5.15. The van der Waals surface area contributed by atoms with Crippen LogP contribution in [0, 0.1) is 5.92 Å². The molecule has 0 aromatic heterocycles. The van der Waals surface area contributed by atoms with Gasteiger partial charge in [-0.1, -0.05) is 107 Å². The van der Waals surface area contributed by atoms with Crippen LogP contribution in [0.1, 0.15) is 27.7 Å². The molecule has 3 atom stereocenters. The third-order valence-corrected chi connectivity index (χ3v) is 13.5. The number of hydrogen-bond acceptors (Lipinski definition) is 5. The Balaban J connectivity index is 1.43. The number of β-lactam (4-membered cyclic amide) rings is 1. The highest BCUT2D eigenvalue weighted by Crippen LogP contribution is 2.39. The summed E-state index contributed by atoms with van der Waals surface area (Å²) in [7, 11) is -1.20. The number of ether oxygens (including phenoxy) is 2. The number of amides is 2. The molecule has 1 N–H and O–H groups in total. The minimum absolute atomic E-state index is 0.119. The Hall–Kier alpha value is -4.40. The summed E-state index contributed by atoms with van der Waals surface area (Å²) in [5.41, 5.74) is 0.745. The lowest BCUT2D eigenvalue weighted by Crippen LogP contribution is -2.74. The van der Waals surface area contributed by atoms with Crippen LogP contribution in [-0.4, -0.2) is 52.5 Å². The zero-order chi connectivity index (χ0) is 32.0. The average molecular weight is 625 g/mol. The maximum atomic E-state index is 13.7. The Labute approximate surface area is 267 Å². The van der Waals surface area contributed by atoms with Gasteiger partial charge in [0.05, 0.1) is 13.2 Å². The molecule has 0 unspecified atom stereocenters. The van der Waals surface area contributed by atoms with Crippen molar-refractivity contribution in [3.63, 3.8) is 0 Å². The second-order valence-corrected chi connectivity index (χ2v) is 16.8. The Kier molecular flexibility index (Phi) is 9.75. The second kappa shape index (κ2) is 13.7. The van der Waals surface area contributed by atoms with Gasteiger partial charge in [-0.05, 0) is 51.8 Å². The molecule has 1 heterocycles. The summed E-state index contributed by atoms with van der Waals surface area (Å²) in [4.78, 5) is 28.4. The maximum absolute atomic E-state index is 13.7. The average Bonchev–Trinajstić information content (AvgIpc) is 3.06. The minimum atomic E-state index is -2.81. The predicted octanol–water partition coefficient (Wildman–Crippen LogP) is 5.19. The van der Waals surface area contributed by atoms with E-state index in [1.807, 2.05) is 54.6 Å². The van der Waals surface area contributed by atoms with Crippen LogP contribution in [0.5, 0.6) is 11.5 Å². The Morgan fingerprint density at radius 1 is 0.844 bits per heavy atom. The molecule has 1 fully saturated rings. The number of carbonyl (C=O) groups is 2. The van der Waals surface area contributed by atoms with Gasteiger partial charge < -0.3 is 24.1 Å². The molecule has 1 aliphatic rings. The molecule has 5 rings (SSSR count). The van der Waals surface area contributed by atoms with Crippen molar-refractivity contribution in [2.45, 2.75) is 44.8 Å². The number of para-hydroxylation sites is 1. The van der Waals surface area contributed by atoms with E-state index >= 15 is 0 Å². The normalized spacial score (nSPS) is 17.3. The Morgan fingerprint density at radius 2 is 1.38 bits per heavy atom. The summed E-state index contributed by atoms with van der Waals surface area (Å²) in [5.74, 6) is 0.657. The van der Waals surface area contributed by atoms with Gasteiger partial charge in [-0.15, -0.1) is 0 Å². The van der Waals surface area contributed by atoms with E-state index in [2.05, 4.69) is 81.5 Å². The molecule has 1 aliphatic heterocycles. The van der Waals surface area contributed by atoms with Gasteiger partial charge in [0.15, 0.2) is 6.61 Å². The Morgan fingerprint density at radius 3 is 1.89 bits per heavy atom. The second-order valence-electron chi connectivity index (χ2n) is 12.5. The fourth-order valence-electron chi connectivity index (χ4n) is 6.28. The quantitative estimate of drug-likeness (QED) is 0.174. The van der Waals surface area contributed by atoms with Crippen LogP contribution in [0.2, 0.25) is 5.04 Å². The van der Waals surface area contributed by atoms with Crippen molar-refractivity contribution in [2.24, 2.45) is 5.92 Å². The summed E-state index contributed by atoms with van der Waals surface area (Å²) in [6, 6.07) is 36.5. The highest BCUT2D eigenvalue weighted by atomic mass is 28.4. The first-order chi connectivity index (χ1) is 21.7. The lowest BCUT2D eigenvalue weighted by Gasteiger charge is -2.51. The number of rotatable bonds is 12. The van der Waals surface area contributed by atoms with Gasteiger partial charge in [0.2, 0.25) is 0 Å². The summed E-state index contributed by atoms with van der Waals surface area (Å²) >= 11 is 0. The third kappa shape index (κ3) is 6.67. The van der Waals surface area contributed by atoms with Crippen LogP contribution < -0.4 is 30.1 Å². The minimum Gasteiger partial charge on any atom is -0.497 e. The van der Waals surface area contributed by atoms with E-state index in [0.717, 1.165) is 5.69 Å². The van der Waals surface area contributed by atoms with Crippen molar-refractivity contribution < 1.29 is 23.5 Å². The first-order valence-corrected chi connectivity index (χ1v) is 17.3. The van der Waals surface area contributed by atoms with E-state index < -0.39 is 14.4 Å². The van der Waals surface area contributed by atoms with Crippen molar-refractivity contribution in [2.75, 3.05) is 25.2 Å². The van der Waals surface area contributed by atoms with Gasteiger partial charge in [-0.3, -0.25) is 9.59 Å². The zero-order valence-electron chi connectivity index (χ0n) is 26.6. The predicted molar refractivity (Wildman–Crippen MR) is 181 cm³/mol. The molecular weight excluding hydrogens is 582 g/mol. The van der Waals surface area contributed by atoms with Crippen molar-refractivity contribution >= 4 is 36.2 Å². The summed E-state index contributed by atoms with van der Waals surface area (Å²) in [6.45, 7) is 9.04. The van der Waals surface area contributed by atoms with Crippen molar-refractivity contribution in [3.8, 4) is 11.5 Å². The maximum Gasteiger partial charge on any atom is 0.261 e. The van der Waals surface area contributed by atoms with Crippen LogP contribution in [0.4, 0.5) is 5.69 Å². The molecule has 4 aromatic rings. The molecule has 4 aromatic carbocycles. The largest absolute Gasteiger partial charge is 0.497 e. The molecular formula is C37H42N2O5Si. The van der Waals surface area contributed by atoms with Crippen molar-refractivity contribution in [3.05, 3.63) is 115 Å². The molecule has 0 radical (unpaired) electrons. The number of methoxy groups -OCH3 is 1. The van der Waals surface area contributed by atoms with E-state index in [-0.39, 0.29) is 35.4 Å².